The van der Waals surface area contributed by atoms with Gasteiger partial charge in [-0.15, -0.1) is 6.58 Å². The quantitative estimate of drug-likeness (QED) is 0.533. The van der Waals surface area contributed by atoms with E-state index in [2.05, 4.69) is 18.8 Å². The van der Waals surface area contributed by atoms with Gasteiger partial charge in [0.25, 0.3) is 0 Å². The van der Waals surface area contributed by atoms with E-state index in [1.165, 1.54) is 5.56 Å². The molecule has 0 spiro atoms. The average molecular weight is 235 g/mol. The van der Waals surface area contributed by atoms with Gasteiger partial charge in [-0.1, -0.05) is 25.1 Å². The molecule has 94 valence electrons. The van der Waals surface area contributed by atoms with Crippen molar-refractivity contribution in [2.45, 2.75) is 19.4 Å². The normalized spacial score (nSPS) is 12.1. The maximum Gasteiger partial charge on any atom is 0.119 e. The van der Waals surface area contributed by atoms with Gasteiger partial charge in [0.1, 0.15) is 18.5 Å². The van der Waals surface area contributed by atoms with Gasteiger partial charge in [-0.05, 0) is 24.1 Å². The van der Waals surface area contributed by atoms with Crippen molar-refractivity contribution >= 4 is 0 Å². The summed E-state index contributed by atoms with van der Waals surface area (Å²) in [6.07, 6.45) is 2.28. The van der Waals surface area contributed by atoms with Crippen LogP contribution in [0, 0.1) is 0 Å². The molecule has 0 saturated heterocycles. The second kappa shape index (κ2) is 7.87. The zero-order valence-corrected chi connectivity index (χ0v) is 10.4. The van der Waals surface area contributed by atoms with Crippen LogP contribution in [0.25, 0.3) is 0 Å². The smallest absolute Gasteiger partial charge is 0.119 e. The number of benzene rings is 1. The Labute approximate surface area is 103 Å². The van der Waals surface area contributed by atoms with Crippen molar-refractivity contribution < 1.29 is 9.84 Å². The van der Waals surface area contributed by atoms with Crippen molar-refractivity contribution in [2.75, 3.05) is 19.7 Å². The Hall–Kier alpha value is -1.32. The summed E-state index contributed by atoms with van der Waals surface area (Å²) in [5.74, 6) is 0.796. The molecule has 0 radical (unpaired) electrons. The Morgan fingerprint density at radius 1 is 1.41 bits per heavy atom. The maximum atomic E-state index is 9.62. The van der Waals surface area contributed by atoms with Crippen molar-refractivity contribution in [1.82, 2.24) is 5.32 Å². The molecule has 0 aromatic heterocycles. The van der Waals surface area contributed by atoms with Crippen molar-refractivity contribution in [3.8, 4) is 5.75 Å². The van der Waals surface area contributed by atoms with Crippen molar-refractivity contribution in [2.24, 2.45) is 0 Å². The zero-order chi connectivity index (χ0) is 12.5. The number of hydrogen-bond acceptors (Lipinski definition) is 3. The largest absolute Gasteiger partial charge is 0.491 e. The van der Waals surface area contributed by atoms with Crippen LogP contribution in [0.5, 0.6) is 5.75 Å². The van der Waals surface area contributed by atoms with Gasteiger partial charge in [0.05, 0.1) is 0 Å². The van der Waals surface area contributed by atoms with E-state index in [4.69, 9.17) is 4.74 Å². The summed E-state index contributed by atoms with van der Waals surface area (Å²) in [5.41, 5.74) is 1.28. The molecule has 0 aliphatic carbocycles. The standard InChI is InChI=1S/C14H21NO2/c1-3-9-15-10-13(16)11-17-14-7-5-12(4-2)6-8-14/h3,5-8,13,15-16H,1,4,9-11H2,2H3. The fraction of sp³-hybridized carbons (Fsp3) is 0.429. The first-order valence-electron chi connectivity index (χ1n) is 5.97. The molecule has 0 aliphatic rings. The van der Waals surface area contributed by atoms with Gasteiger partial charge in [0.2, 0.25) is 0 Å². The molecule has 3 heteroatoms. The van der Waals surface area contributed by atoms with Gasteiger partial charge in [-0.2, -0.15) is 0 Å². The predicted molar refractivity (Wildman–Crippen MR) is 70.4 cm³/mol. The van der Waals surface area contributed by atoms with E-state index in [1.807, 2.05) is 24.3 Å². The van der Waals surface area contributed by atoms with Gasteiger partial charge in [-0.3, -0.25) is 0 Å². The van der Waals surface area contributed by atoms with E-state index < -0.39 is 6.10 Å². The van der Waals surface area contributed by atoms with E-state index >= 15 is 0 Å². The van der Waals surface area contributed by atoms with Crippen LogP contribution in [0.3, 0.4) is 0 Å². The fourth-order valence-electron chi connectivity index (χ4n) is 1.42. The van der Waals surface area contributed by atoms with E-state index in [0.717, 1.165) is 12.2 Å². The summed E-state index contributed by atoms with van der Waals surface area (Å²) >= 11 is 0. The van der Waals surface area contributed by atoms with Crippen LogP contribution in [0.2, 0.25) is 0 Å². The molecule has 1 atom stereocenters. The second-order valence-corrected chi connectivity index (χ2v) is 3.91. The van der Waals surface area contributed by atoms with Gasteiger partial charge < -0.3 is 15.2 Å². The lowest BCUT2D eigenvalue weighted by Crippen LogP contribution is -2.31. The topological polar surface area (TPSA) is 41.5 Å². The molecule has 0 fully saturated rings. The van der Waals surface area contributed by atoms with E-state index in [-0.39, 0.29) is 0 Å². The molecule has 0 heterocycles. The number of aliphatic hydroxyl groups excluding tert-OH is 1. The SMILES string of the molecule is C=CCNCC(O)COc1ccc(CC)cc1. The minimum atomic E-state index is -0.499. The van der Waals surface area contributed by atoms with E-state index in [1.54, 1.807) is 6.08 Å². The lowest BCUT2D eigenvalue weighted by Gasteiger charge is -2.12. The van der Waals surface area contributed by atoms with E-state index in [9.17, 15) is 5.11 Å². The molecule has 1 unspecified atom stereocenters. The molecule has 0 saturated carbocycles. The molecule has 1 aromatic carbocycles. The minimum Gasteiger partial charge on any atom is -0.491 e. The third-order valence-corrected chi connectivity index (χ3v) is 2.44. The Kier molecular flexibility index (Phi) is 6.37. The van der Waals surface area contributed by atoms with E-state index in [0.29, 0.717) is 19.7 Å². The van der Waals surface area contributed by atoms with Crippen LogP contribution >= 0.6 is 0 Å². The minimum absolute atomic E-state index is 0.301. The molecule has 2 N–H and O–H groups in total. The number of ether oxygens (including phenoxy) is 1. The molecular weight excluding hydrogens is 214 g/mol. The summed E-state index contributed by atoms with van der Waals surface area (Å²) in [7, 11) is 0. The Morgan fingerprint density at radius 2 is 2.12 bits per heavy atom. The molecule has 1 aromatic rings. The Bertz CT molecular complexity index is 321. The summed E-state index contributed by atoms with van der Waals surface area (Å²) in [4.78, 5) is 0. The molecule has 0 aliphatic heterocycles. The molecule has 17 heavy (non-hydrogen) atoms. The van der Waals surface area contributed by atoms with Crippen LogP contribution in [-0.4, -0.2) is 30.9 Å². The summed E-state index contributed by atoms with van der Waals surface area (Å²) in [6, 6.07) is 7.95. The number of rotatable bonds is 8. The van der Waals surface area contributed by atoms with Crippen LogP contribution in [0.15, 0.2) is 36.9 Å². The van der Waals surface area contributed by atoms with Crippen LogP contribution in [-0.2, 0) is 6.42 Å². The fourth-order valence-corrected chi connectivity index (χ4v) is 1.42. The second-order valence-electron chi connectivity index (χ2n) is 3.91. The third-order valence-electron chi connectivity index (χ3n) is 2.44. The van der Waals surface area contributed by atoms with Crippen molar-refractivity contribution in [3.63, 3.8) is 0 Å². The summed E-state index contributed by atoms with van der Waals surface area (Å²) in [5, 5.41) is 12.7. The number of hydrogen-bond donors (Lipinski definition) is 2. The molecule has 0 bridgehead atoms. The molecule has 1 rings (SSSR count). The van der Waals surface area contributed by atoms with Gasteiger partial charge >= 0.3 is 0 Å². The first-order chi connectivity index (χ1) is 8.26. The Balaban J connectivity index is 2.26. The highest BCUT2D eigenvalue weighted by Crippen LogP contribution is 2.12. The van der Waals surface area contributed by atoms with Crippen molar-refractivity contribution in [1.29, 1.82) is 0 Å². The summed E-state index contributed by atoms with van der Waals surface area (Å²) < 4.78 is 5.48. The van der Waals surface area contributed by atoms with Crippen LogP contribution in [0.4, 0.5) is 0 Å². The highest BCUT2D eigenvalue weighted by Gasteiger charge is 2.04. The predicted octanol–water partition coefficient (Wildman–Crippen LogP) is 1.76. The third kappa shape index (κ3) is 5.52. The first kappa shape index (κ1) is 13.7. The number of aliphatic hydroxyl groups is 1. The average Bonchev–Trinajstić information content (AvgIpc) is 2.37. The lowest BCUT2D eigenvalue weighted by molar-refractivity contribution is 0.107. The highest BCUT2D eigenvalue weighted by atomic mass is 16.5. The monoisotopic (exact) mass is 235 g/mol. The van der Waals surface area contributed by atoms with Gasteiger partial charge in [0.15, 0.2) is 0 Å². The van der Waals surface area contributed by atoms with Crippen molar-refractivity contribution in [3.05, 3.63) is 42.5 Å². The van der Waals surface area contributed by atoms with Gasteiger partial charge in [0, 0.05) is 13.1 Å². The molecule has 0 amide bonds. The zero-order valence-electron chi connectivity index (χ0n) is 10.4. The number of nitrogens with one attached hydrogen (secondary N) is 1. The summed E-state index contributed by atoms with van der Waals surface area (Å²) in [6.45, 7) is 7.22. The number of aryl methyl sites for hydroxylation is 1. The maximum absolute atomic E-state index is 9.62. The molecule has 3 nitrogen and oxygen atoms in total. The molecular formula is C14H21NO2. The first-order valence-corrected chi connectivity index (χ1v) is 5.97. The highest BCUT2D eigenvalue weighted by molar-refractivity contribution is 5.27. The Morgan fingerprint density at radius 3 is 2.71 bits per heavy atom. The van der Waals surface area contributed by atoms with Crippen LogP contribution in [0.1, 0.15) is 12.5 Å². The van der Waals surface area contributed by atoms with Crippen LogP contribution < -0.4 is 10.1 Å². The van der Waals surface area contributed by atoms with Gasteiger partial charge in [-0.25, -0.2) is 0 Å². The lowest BCUT2D eigenvalue weighted by atomic mass is 10.2.